The number of aromatic nitrogens is 2. The van der Waals surface area contributed by atoms with Crippen molar-refractivity contribution in [1.29, 1.82) is 0 Å². The maximum atomic E-state index is 11.5. The summed E-state index contributed by atoms with van der Waals surface area (Å²) in [6.07, 6.45) is 4.65. The molecule has 1 heterocycles. The van der Waals surface area contributed by atoms with Gasteiger partial charge in [0.05, 0.1) is 0 Å². The minimum atomic E-state index is -0.0151. The highest BCUT2D eigenvalue weighted by molar-refractivity contribution is 14.0. The van der Waals surface area contributed by atoms with E-state index in [1.54, 1.807) is 20.3 Å². The number of nitrogens with zero attached hydrogens (tertiary/aromatic N) is 4. The molecule has 7 nitrogen and oxygen atoms in total. The highest BCUT2D eigenvalue weighted by Crippen LogP contribution is 1.88. The van der Waals surface area contributed by atoms with Crippen molar-refractivity contribution in [2.24, 2.45) is 4.99 Å². The summed E-state index contributed by atoms with van der Waals surface area (Å²) in [6.45, 7) is 4.55. The molecule has 0 radical (unpaired) electrons. The van der Waals surface area contributed by atoms with Crippen LogP contribution in [0.15, 0.2) is 23.5 Å². The van der Waals surface area contributed by atoms with E-state index in [-0.39, 0.29) is 36.4 Å². The third-order valence-corrected chi connectivity index (χ3v) is 2.63. The lowest BCUT2D eigenvalue weighted by Crippen LogP contribution is -2.39. The Bertz CT molecular complexity index is 418. The van der Waals surface area contributed by atoms with Gasteiger partial charge in [0.25, 0.3) is 0 Å². The van der Waals surface area contributed by atoms with Gasteiger partial charge in [-0.2, -0.15) is 5.10 Å². The smallest absolute Gasteiger partial charge is 0.243 e. The molecule has 1 aromatic rings. The van der Waals surface area contributed by atoms with E-state index in [0.29, 0.717) is 5.96 Å². The third kappa shape index (κ3) is 8.53. The molecule has 0 aliphatic rings. The highest BCUT2D eigenvalue weighted by Gasteiger charge is 2.03. The zero-order valence-corrected chi connectivity index (χ0v) is 15.2. The molecule has 2 N–H and O–H groups in total. The first-order chi connectivity index (χ1) is 9.63. The fourth-order valence-corrected chi connectivity index (χ4v) is 1.51. The van der Waals surface area contributed by atoms with Crippen LogP contribution in [0.3, 0.4) is 0 Å². The van der Waals surface area contributed by atoms with Crippen molar-refractivity contribution in [2.75, 3.05) is 33.7 Å². The monoisotopic (exact) mass is 408 g/mol. The van der Waals surface area contributed by atoms with Gasteiger partial charge in [0.2, 0.25) is 5.91 Å². The van der Waals surface area contributed by atoms with Crippen LogP contribution < -0.4 is 10.6 Å². The average Bonchev–Trinajstić information content (AvgIpc) is 2.93. The number of rotatable bonds is 7. The lowest BCUT2D eigenvalue weighted by Gasteiger charge is -2.12. The summed E-state index contributed by atoms with van der Waals surface area (Å²) in [4.78, 5) is 17.3. The Morgan fingerprint density at radius 2 is 2.14 bits per heavy atom. The summed E-state index contributed by atoms with van der Waals surface area (Å²) in [5.74, 6) is 0.655. The first kappa shape index (κ1) is 19.7. The van der Waals surface area contributed by atoms with Crippen LogP contribution in [0.2, 0.25) is 0 Å². The number of aliphatic imine (C=N–C) groups is 1. The van der Waals surface area contributed by atoms with Crippen LogP contribution in [0.25, 0.3) is 0 Å². The molecule has 0 fully saturated rings. The summed E-state index contributed by atoms with van der Waals surface area (Å²) in [6, 6.07) is 1.91. The van der Waals surface area contributed by atoms with Crippen molar-refractivity contribution in [2.45, 2.75) is 19.9 Å². The SMILES string of the molecule is CCNC(=NCC(=O)N(C)C)NCCCn1cccn1.I. The number of halogens is 1. The number of carbonyl (C=O) groups excluding carboxylic acids is 1. The largest absolute Gasteiger partial charge is 0.357 e. The van der Waals surface area contributed by atoms with Gasteiger partial charge in [-0.3, -0.25) is 9.48 Å². The van der Waals surface area contributed by atoms with E-state index in [2.05, 4.69) is 20.7 Å². The number of nitrogens with one attached hydrogen (secondary N) is 2. The zero-order valence-electron chi connectivity index (χ0n) is 12.9. The van der Waals surface area contributed by atoms with Crippen LogP contribution in [0.5, 0.6) is 0 Å². The third-order valence-electron chi connectivity index (χ3n) is 2.63. The minimum absolute atomic E-state index is 0. The average molecular weight is 408 g/mol. The quantitative estimate of drug-likeness (QED) is 0.299. The standard InChI is InChI=1S/C13H24N6O.HI/c1-4-14-13(16-11-12(20)18(2)3)15-7-5-9-19-10-6-8-17-19;/h6,8,10H,4-5,7,9,11H2,1-3H3,(H2,14,15,16);1H. The predicted molar refractivity (Wildman–Crippen MR) is 94.9 cm³/mol. The summed E-state index contributed by atoms with van der Waals surface area (Å²) >= 11 is 0. The predicted octanol–water partition coefficient (Wildman–Crippen LogP) is 0.534. The molecule has 0 saturated carbocycles. The number of hydrogen-bond donors (Lipinski definition) is 2. The van der Waals surface area contributed by atoms with Gasteiger partial charge in [-0.05, 0) is 19.4 Å². The maximum Gasteiger partial charge on any atom is 0.243 e. The summed E-state index contributed by atoms with van der Waals surface area (Å²) in [5, 5.41) is 10.5. The fraction of sp³-hybridized carbons (Fsp3) is 0.615. The number of guanidine groups is 1. The summed E-state index contributed by atoms with van der Waals surface area (Å²) < 4.78 is 1.89. The van der Waals surface area contributed by atoms with E-state index in [4.69, 9.17) is 0 Å². The van der Waals surface area contributed by atoms with Crippen LogP contribution in [-0.2, 0) is 11.3 Å². The highest BCUT2D eigenvalue weighted by atomic mass is 127. The van der Waals surface area contributed by atoms with E-state index < -0.39 is 0 Å². The van der Waals surface area contributed by atoms with E-state index in [1.165, 1.54) is 4.90 Å². The normalized spacial score (nSPS) is 10.7. The van der Waals surface area contributed by atoms with Gasteiger partial charge in [-0.25, -0.2) is 4.99 Å². The van der Waals surface area contributed by atoms with Crippen molar-refractivity contribution in [3.05, 3.63) is 18.5 Å². The van der Waals surface area contributed by atoms with Gasteiger partial charge in [0.1, 0.15) is 6.54 Å². The number of amides is 1. The molecule has 0 atom stereocenters. The fourth-order valence-electron chi connectivity index (χ4n) is 1.51. The molecule has 0 aliphatic carbocycles. The molecule has 1 amide bonds. The van der Waals surface area contributed by atoms with Crippen molar-refractivity contribution < 1.29 is 4.79 Å². The molecule has 0 aromatic carbocycles. The summed E-state index contributed by atoms with van der Waals surface area (Å²) in [5.41, 5.74) is 0. The molecular formula is C13H25IN6O. The van der Waals surface area contributed by atoms with Gasteiger partial charge in [-0.1, -0.05) is 0 Å². The van der Waals surface area contributed by atoms with Crippen molar-refractivity contribution in [1.82, 2.24) is 25.3 Å². The Morgan fingerprint density at radius 3 is 2.71 bits per heavy atom. The topological polar surface area (TPSA) is 74.6 Å². The van der Waals surface area contributed by atoms with Crippen molar-refractivity contribution in [3.8, 4) is 0 Å². The lowest BCUT2D eigenvalue weighted by molar-refractivity contribution is -0.127. The second-order valence-corrected chi connectivity index (χ2v) is 4.53. The minimum Gasteiger partial charge on any atom is -0.357 e. The summed E-state index contributed by atoms with van der Waals surface area (Å²) in [7, 11) is 3.45. The molecular weight excluding hydrogens is 383 g/mol. The Kier molecular flexibility index (Phi) is 10.6. The molecule has 120 valence electrons. The second kappa shape index (κ2) is 11.4. The Hall–Kier alpha value is -1.32. The number of likely N-dealkylation sites (N-methyl/N-ethyl adjacent to an activating group) is 1. The lowest BCUT2D eigenvalue weighted by atomic mass is 10.4. The number of aryl methyl sites for hydroxylation is 1. The van der Waals surface area contributed by atoms with Crippen molar-refractivity contribution >= 4 is 35.8 Å². The first-order valence-corrected chi connectivity index (χ1v) is 6.83. The molecule has 0 bridgehead atoms. The Morgan fingerprint density at radius 1 is 1.38 bits per heavy atom. The van der Waals surface area contributed by atoms with E-state index in [1.807, 2.05) is 23.9 Å². The second-order valence-electron chi connectivity index (χ2n) is 4.53. The Balaban J connectivity index is 0.00000400. The molecule has 0 spiro atoms. The van der Waals surface area contributed by atoms with Crippen LogP contribution in [0, 0.1) is 0 Å². The van der Waals surface area contributed by atoms with Crippen LogP contribution in [0.1, 0.15) is 13.3 Å². The zero-order chi connectivity index (χ0) is 14.8. The van der Waals surface area contributed by atoms with Crippen LogP contribution >= 0.6 is 24.0 Å². The van der Waals surface area contributed by atoms with Crippen molar-refractivity contribution in [3.63, 3.8) is 0 Å². The van der Waals surface area contributed by atoms with Gasteiger partial charge >= 0.3 is 0 Å². The Labute approximate surface area is 143 Å². The van der Waals surface area contributed by atoms with Gasteiger partial charge in [0.15, 0.2) is 5.96 Å². The van der Waals surface area contributed by atoms with Gasteiger partial charge in [-0.15, -0.1) is 24.0 Å². The van der Waals surface area contributed by atoms with Gasteiger partial charge < -0.3 is 15.5 Å². The number of hydrogen-bond acceptors (Lipinski definition) is 3. The molecule has 21 heavy (non-hydrogen) atoms. The first-order valence-electron chi connectivity index (χ1n) is 6.83. The van der Waals surface area contributed by atoms with E-state index in [9.17, 15) is 4.79 Å². The van der Waals surface area contributed by atoms with Gasteiger partial charge in [0, 0.05) is 46.1 Å². The molecule has 1 aromatic heterocycles. The van der Waals surface area contributed by atoms with Crippen LogP contribution in [-0.4, -0.2) is 60.3 Å². The molecule has 1 rings (SSSR count). The molecule has 0 saturated heterocycles. The molecule has 0 unspecified atom stereocenters. The number of carbonyl (C=O) groups is 1. The van der Waals surface area contributed by atoms with E-state index in [0.717, 1.165) is 26.1 Å². The molecule has 0 aliphatic heterocycles. The maximum absolute atomic E-state index is 11.5. The van der Waals surface area contributed by atoms with Crippen LogP contribution in [0.4, 0.5) is 0 Å². The van der Waals surface area contributed by atoms with E-state index >= 15 is 0 Å². The molecule has 8 heteroatoms.